The second-order valence-electron chi connectivity index (χ2n) is 7.59. The fourth-order valence-electron chi connectivity index (χ4n) is 3.86. The maximum absolute atomic E-state index is 12.7. The van der Waals surface area contributed by atoms with Crippen LogP contribution >= 0.6 is 11.6 Å². The Morgan fingerprint density at radius 3 is 2.53 bits per heavy atom. The smallest absolute Gasteiger partial charge is 0.332 e. The minimum Gasteiger partial charge on any atom is -0.372 e. The molecule has 2 aromatic heterocycles. The molecule has 1 fully saturated rings. The average molecular weight is 431 g/mol. The molecule has 1 aromatic carbocycles. The van der Waals surface area contributed by atoms with Crippen molar-refractivity contribution < 1.29 is 4.79 Å². The Bertz CT molecular complexity index is 1270. The fraction of sp³-hybridized carbons (Fsp3) is 0.400. The van der Waals surface area contributed by atoms with Crippen molar-refractivity contribution in [2.24, 2.45) is 14.1 Å². The molecular weight excluding hydrogens is 408 g/mol. The third-order valence-corrected chi connectivity index (χ3v) is 5.85. The summed E-state index contributed by atoms with van der Waals surface area (Å²) in [6.07, 6.45) is 2.39. The van der Waals surface area contributed by atoms with E-state index in [2.05, 4.69) is 21.3 Å². The molecule has 1 aliphatic rings. The number of nitrogens with zero attached hydrogens (tertiary/aromatic N) is 5. The number of fused-ring (bicyclic) bond motifs is 1. The number of aryl methyl sites for hydroxylation is 2. The quantitative estimate of drug-likeness (QED) is 0.635. The van der Waals surface area contributed by atoms with E-state index < -0.39 is 11.2 Å². The highest BCUT2D eigenvalue weighted by Gasteiger charge is 2.20. The number of amides is 1. The van der Waals surface area contributed by atoms with Crippen LogP contribution in [-0.4, -0.2) is 37.7 Å². The molecule has 0 atom stereocenters. The van der Waals surface area contributed by atoms with E-state index in [1.165, 1.54) is 36.1 Å². The lowest BCUT2D eigenvalue weighted by atomic mass is 10.1. The predicted octanol–water partition coefficient (Wildman–Crippen LogP) is 1.63. The number of carbonyl (C=O) groups excluding carboxylic acids is 1. The van der Waals surface area contributed by atoms with Crippen LogP contribution in [0.5, 0.6) is 0 Å². The second-order valence-corrected chi connectivity index (χ2v) is 7.92. The van der Waals surface area contributed by atoms with Gasteiger partial charge in [-0.05, 0) is 55.1 Å². The van der Waals surface area contributed by atoms with Gasteiger partial charge >= 0.3 is 5.69 Å². The summed E-state index contributed by atoms with van der Waals surface area (Å²) in [6, 6.07) is 5.95. The lowest BCUT2D eigenvalue weighted by molar-refractivity contribution is -0.116. The number of nitrogens with one attached hydrogen (secondary N) is 1. The summed E-state index contributed by atoms with van der Waals surface area (Å²) in [5, 5.41) is 2.85. The molecule has 3 heterocycles. The van der Waals surface area contributed by atoms with Crippen molar-refractivity contribution >= 4 is 40.0 Å². The first-order chi connectivity index (χ1) is 14.3. The van der Waals surface area contributed by atoms with Crippen LogP contribution in [0.3, 0.4) is 0 Å². The number of anilines is 2. The molecular formula is C20H23ClN6O3. The number of aromatic nitrogens is 4. The van der Waals surface area contributed by atoms with E-state index in [1.807, 2.05) is 19.1 Å². The van der Waals surface area contributed by atoms with E-state index in [-0.39, 0.29) is 28.9 Å². The Morgan fingerprint density at radius 2 is 1.87 bits per heavy atom. The molecule has 1 aliphatic heterocycles. The zero-order chi connectivity index (χ0) is 21.6. The zero-order valence-electron chi connectivity index (χ0n) is 17.1. The largest absolute Gasteiger partial charge is 0.372 e. The third-order valence-electron chi connectivity index (χ3n) is 5.56. The molecule has 3 aromatic rings. The predicted molar refractivity (Wildman–Crippen MR) is 116 cm³/mol. The van der Waals surface area contributed by atoms with Crippen molar-refractivity contribution in [3.05, 3.63) is 49.9 Å². The van der Waals surface area contributed by atoms with E-state index in [0.717, 1.165) is 28.9 Å². The van der Waals surface area contributed by atoms with Gasteiger partial charge in [0.2, 0.25) is 11.2 Å². The fourth-order valence-corrected chi connectivity index (χ4v) is 4.08. The van der Waals surface area contributed by atoms with Gasteiger partial charge in [-0.1, -0.05) is 0 Å². The maximum atomic E-state index is 12.7. The monoisotopic (exact) mass is 430 g/mol. The molecule has 0 spiro atoms. The second kappa shape index (κ2) is 7.64. The summed E-state index contributed by atoms with van der Waals surface area (Å²) in [4.78, 5) is 43.8. The van der Waals surface area contributed by atoms with Crippen molar-refractivity contribution in [3.8, 4) is 0 Å². The Kier molecular flexibility index (Phi) is 5.15. The Labute approximate surface area is 177 Å². The van der Waals surface area contributed by atoms with Crippen molar-refractivity contribution in [2.75, 3.05) is 23.3 Å². The highest BCUT2D eigenvalue weighted by atomic mass is 35.5. The molecule has 0 unspecified atom stereocenters. The molecule has 0 saturated carbocycles. The van der Waals surface area contributed by atoms with E-state index in [0.29, 0.717) is 5.69 Å². The molecule has 158 valence electrons. The molecule has 1 amide bonds. The maximum Gasteiger partial charge on any atom is 0.332 e. The molecule has 0 aliphatic carbocycles. The van der Waals surface area contributed by atoms with Crippen molar-refractivity contribution in [1.29, 1.82) is 0 Å². The lowest BCUT2D eigenvalue weighted by Gasteiger charge is -2.19. The number of carbonyl (C=O) groups is 1. The molecule has 1 N–H and O–H groups in total. The van der Waals surface area contributed by atoms with E-state index in [4.69, 9.17) is 11.6 Å². The summed E-state index contributed by atoms with van der Waals surface area (Å²) in [5.74, 6) is -0.343. The molecule has 9 nitrogen and oxygen atoms in total. The van der Waals surface area contributed by atoms with Gasteiger partial charge in [-0.3, -0.25) is 23.3 Å². The van der Waals surface area contributed by atoms with Gasteiger partial charge in [0.05, 0.1) is 0 Å². The molecule has 30 heavy (non-hydrogen) atoms. The van der Waals surface area contributed by atoms with Crippen LogP contribution in [0.25, 0.3) is 11.2 Å². The Morgan fingerprint density at radius 1 is 1.17 bits per heavy atom. The minimum absolute atomic E-state index is 0.0282. The number of benzene rings is 1. The molecule has 4 rings (SSSR count). The number of rotatable bonds is 4. The van der Waals surface area contributed by atoms with Crippen molar-refractivity contribution in [2.45, 2.75) is 26.3 Å². The van der Waals surface area contributed by atoms with Crippen LogP contribution in [0.1, 0.15) is 18.4 Å². The van der Waals surface area contributed by atoms with Crippen molar-refractivity contribution in [1.82, 2.24) is 18.7 Å². The highest BCUT2D eigenvalue weighted by molar-refractivity contribution is 6.29. The normalized spacial score (nSPS) is 13.9. The van der Waals surface area contributed by atoms with Crippen molar-refractivity contribution in [3.63, 3.8) is 0 Å². The van der Waals surface area contributed by atoms with Gasteiger partial charge in [-0.2, -0.15) is 4.98 Å². The van der Waals surface area contributed by atoms with E-state index in [9.17, 15) is 14.4 Å². The number of imidazole rings is 1. The summed E-state index contributed by atoms with van der Waals surface area (Å²) < 4.78 is 3.52. The van der Waals surface area contributed by atoms with E-state index in [1.54, 1.807) is 0 Å². The van der Waals surface area contributed by atoms with E-state index >= 15 is 0 Å². The summed E-state index contributed by atoms with van der Waals surface area (Å²) in [6.45, 7) is 3.85. The molecule has 1 saturated heterocycles. The Hall–Kier alpha value is -3.07. The Balaban J connectivity index is 1.61. The summed E-state index contributed by atoms with van der Waals surface area (Å²) in [7, 11) is 2.88. The lowest BCUT2D eigenvalue weighted by Crippen LogP contribution is -2.37. The standard InChI is InChI=1S/C20H23ClN6O3/c1-12-10-13(26-8-4-5-9-26)6-7-14(12)22-15(28)11-27-16-17(23-19(27)21)24(2)20(30)25(3)18(16)29/h6-7,10H,4-5,8-9,11H2,1-3H3,(H,22,28). The van der Waals surface area contributed by atoms with Crippen LogP contribution in [0, 0.1) is 6.92 Å². The van der Waals surface area contributed by atoms with Crippen LogP contribution < -0.4 is 21.5 Å². The van der Waals surface area contributed by atoms with Gasteiger partial charge in [0.25, 0.3) is 5.56 Å². The van der Waals surface area contributed by atoms with Crippen LogP contribution in [0.2, 0.25) is 5.28 Å². The van der Waals surface area contributed by atoms with Gasteiger partial charge in [-0.15, -0.1) is 0 Å². The summed E-state index contributed by atoms with van der Waals surface area (Å²) >= 11 is 6.19. The van der Waals surface area contributed by atoms with Gasteiger partial charge in [-0.25, -0.2) is 4.79 Å². The molecule has 0 bridgehead atoms. The average Bonchev–Trinajstić information content (AvgIpc) is 3.35. The first kappa shape index (κ1) is 20.2. The van der Waals surface area contributed by atoms with Gasteiger partial charge in [0.1, 0.15) is 6.54 Å². The number of hydrogen-bond donors (Lipinski definition) is 1. The van der Waals surface area contributed by atoms with Crippen LogP contribution in [0.15, 0.2) is 27.8 Å². The first-order valence-electron chi connectivity index (χ1n) is 9.75. The van der Waals surface area contributed by atoms with Crippen LogP contribution in [0.4, 0.5) is 11.4 Å². The zero-order valence-corrected chi connectivity index (χ0v) is 17.9. The summed E-state index contributed by atoms with van der Waals surface area (Å²) in [5.41, 5.74) is 2.00. The topological polar surface area (TPSA) is 94.2 Å². The number of hydrogen-bond acceptors (Lipinski definition) is 5. The van der Waals surface area contributed by atoms with Crippen LogP contribution in [-0.2, 0) is 25.4 Å². The molecule has 10 heteroatoms. The third kappa shape index (κ3) is 3.39. The highest BCUT2D eigenvalue weighted by Crippen LogP contribution is 2.25. The SMILES string of the molecule is Cc1cc(N2CCCC2)ccc1NC(=O)Cn1c(Cl)nc2c1c(=O)n(C)c(=O)n2C. The molecule has 0 radical (unpaired) electrons. The number of halogens is 1. The van der Waals surface area contributed by atoms with Gasteiger partial charge < -0.3 is 10.2 Å². The first-order valence-corrected chi connectivity index (χ1v) is 10.1. The van der Waals surface area contributed by atoms with Gasteiger partial charge in [0, 0.05) is 38.6 Å². The van der Waals surface area contributed by atoms with Gasteiger partial charge in [0.15, 0.2) is 11.2 Å². The minimum atomic E-state index is -0.550.